The molecule has 0 spiro atoms. The summed E-state index contributed by atoms with van der Waals surface area (Å²) >= 11 is 0. The largest absolute Gasteiger partial charge is 0.384 e. The summed E-state index contributed by atoms with van der Waals surface area (Å²) in [6.07, 6.45) is 2.62. The highest BCUT2D eigenvalue weighted by Gasteiger charge is 2.23. The SMILES string of the molecule is C=CCCC(=O)NCC(C)(O)c1ccc(F)cc1. The number of amides is 1. The maximum absolute atomic E-state index is 12.8. The second-order valence-electron chi connectivity index (χ2n) is 4.38. The Kier molecular flexibility index (Phi) is 5.04. The van der Waals surface area contributed by atoms with E-state index in [1.807, 2.05) is 0 Å². The van der Waals surface area contributed by atoms with Gasteiger partial charge in [-0.3, -0.25) is 4.79 Å². The van der Waals surface area contributed by atoms with Crippen molar-refractivity contribution in [2.75, 3.05) is 6.54 Å². The maximum atomic E-state index is 12.8. The average Bonchev–Trinajstić information content (AvgIpc) is 2.34. The molecule has 0 aromatic heterocycles. The molecule has 1 amide bonds. The minimum absolute atomic E-state index is 0.0919. The van der Waals surface area contributed by atoms with Crippen LogP contribution in [0.2, 0.25) is 0 Å². The lowest BCUT2D eigenvalue weighted by Gasteiger charge is -2.24. The first-order valence-electron chi connectivity index (χ1n) is 5.82. The van der Waals surface area contributed by atoms with Gasteiger partial charge in [0, 0.05) is 6.42 Å². The fourth-order valence-electron chi connectivity index (χ4n) is 1.50. The number of allylic oxidation sites excluding steroid dienone is 1. The summed E-state index contributed by atoms with van der Waals surface area (Å²) in [5.41, 5.74) is -0.648. The molecule has 1 aromatic rings. The lowest BCUT2D eigenvalue weighted by Crippen LogP contribution is -2.38. The van der Waals surface area contributed by atoms with Crippen LogP contribution in [-0.4, -0.2) is 17.6 Å². The Morgan fingerprint density at radius 2 is 2.11 bits per heavy atom. The van der Waals surface area contributed by atoms with Crippen LogP contribution in [0.15, 0.2) is 36.9 Å². The Labute approximate surface area is 106 Å². The Bertz CT molecular complexity index is 412. The van der Waals surface area contributed by atoms with Crippen LogP contribution in [0.4, 0.5) is 4.39 Å². The molecule has 1 aromatic carbocycles. The van der Waals surface area contributed by atoms with Crippen molar-refractivity contribution in [3.8, 4) is 0 Å². The highest BCUT2D eigenvalue weighted by Crippen LogP contribution is 2.19. The lowest BCUT2D eigenvalue weighted by atomic mass is 9.96. The van der Waals surface area contributed by atoms with E-state index in [2.05, 4.69) is 11.9 Å². The minimum atomic E-state index is -1.21. The fourth-order valence-corrected chi connectivity index (χ4v) is 1.50. The van der Waals surface area contributed by atoms with Gasteiger partial charge in [-0.25, -0.2) is 4.39 Å². The molecule has 0 saturated carbocycles. The van der Waals surface area contributed by atoms with Crippen molar-refractivity contribution in [3.05, 3.63) is 48.3 Å². The van der Waals surface area contributed by atoms with Crippen molar-refractivity contribution in [3.63, 3.8) is 0 Å². The van der Waals surface area contributed by atoms with E-state index in [0.29, 0.717) is 18.4 Å². The van der Waals surface area contributed by atoms with Crippen molar-refractivity contribution >= 4 is 5.91 Å². The Morgan fingerprint density at radius 3 is 2.67 bits per heavy atom. The average molecular weight is 251 g/mol. The van der Waals surface area contributed by atoms with Gasteiger partial charge < -0.3 is 10.4 Å². The van der Waals surface area contributed by atoms with E-state index in [0.717, 1.165) is 0 Å². The van der Waals surface area contributed by atoms with Gasteiger partial charge in [-0.2, -0.15) is 0 Å². The van der Waals surface area contributed by atoms with Crippen LogP contribution < -0.4 is 5.32 Å². The summed E-state index contributed by atoms with van der Waals surface area (Å²) in [7, 11) is 0. The number of hydrogen-bond acceptors (Lipinski definition) is 2. The third kappa shape index (κ3) is 4.30. The molecule has 0 aliphatic carbocycles. The molecule has 1 atom stereocenters. The molecule has 18 heavy (non-hydrogen) atoms. The predicted molar refractivity (Wildman–Crippen MR) is 68.4 cm³/mol. The van der Waals surface area contributed by atoms with Crippen LogP contribution in [0.1, 0.15) is 25.3 Å². The van der Waals surface area contributed by atoms with Gasteiger partial charge >= 0.3 is 0 Å². The molecule has 98 valence electrons. The second-order valence-corrected chi connectivity index (χ2v) is 4.38. The quantitative estimate of drug-likeness (QED) is 0.761. The third-order valence-electron chi connectivity index (χ3n) is 2.67. The van der Waals surface area contributed by atoms with E-state index in [9.17, 15) is 14.3 Å². The topological polar surface area (TPSA) is 49.3 Å². The summed E-state index contributed by atoms with van der Waals surface area (Å²) < 4.78 is 12.8. The monoisotopic (exact) mass is 251 g/mol. The molecule has 0 bridgehead atoms. The highest BCUT2D eigenvalue weighted by molar-refractivity contribution is 5.76. The number of aliphatic hydroxyl groups is 1. The fraction of sp³-hybridized carbons (Fsp3) is 0.357. The van der Waals surface area contributed by atoms with E-state index in [1.54, 1.807) is 13.0 Å². The van der Waals surface area contributed by atoms with E-state index >= 15 is 0 Å². The number of nitrogens with one attached hydrogen (secondary N) is 1. The molecule has 0 heterocycles. The zero-order valence-electron chi connectivity index (χ0n) is 10.4. The first-order valence-corrected chi connectivity index (χ1v) is 5.82. The van der Waals surface area contributed by atoms with Crippen LogP contribution in [0.5, 0.6) is 0 Å². The van der Waals surface area contributed by atoms with E-state index in [4.69, 9.17) is 0 Å². The molecule has 4 heteroatoms. The first-order chi connectivity index (χ1) is 8.45. The smallest absolute Gasteiger partial charge is 0.220 e. The van der Waals surface area contributed by atoms with Crippen molar-refractivity contribution in [2.45, 2.75) is 25.4 Å². The molecular weight excluding hydrogens is 233 g/mol. The van der Waals surface area contributed by atoms with Gasteiger partial charge in [-0.1, -0.05) is 18.2 Å². The summed E-state index contributed by atoms with van der Waals surface area (Å²) in [5.74, 6) is -0.498. The Morgan fingerprint density at radius 1 is 1.50 bits per heavy atom. The van der Waals surface area contributed by atoms with Crippen LogP contribution in [-0.2, 0) is 10.4 Å². The van der Waals surface area contributed by atoms with Gasteiger partial charge in [0.25, 0.3) is 0 Å². The molecule has 0 saturated heterocycles. The molecular formula is C14H18FNO2. The van der Waals surface area contributed by atoms with Crippen LogP contribution >= 0.6 is 0 Å². The van der Waals surface area contributed by atoms with E-state index < -0.39 is 5.60 Å². The van der Waals surface area contributed by atoms with Crippen molar-refractivity contribution in [1.29, 1.82) is 0 Å². The van der Waals surface area contributed by atoms with Crippen molar-refractivity contribution < 1.29 is 14.3 Å². The number of hydrogen-bond donors (Lipinski definition) is 2. The van der Waals surface area contributed by atoms with Gasteiger partial charge in [-0.15, -0.1) is 6.58 Å². The normalized spacial score (nSPS) is 13.7. The van der Waals surface area contributed by atoms with Gasteiger partial charge in [-0.05, 0) is 31.0 Å². The lowest BCUT2D eigenvalue weighted by molar-refractivity contribution is -0.122. The zero-order chi connectivity index (χ0) is 13.6. The van der Waals surface area contributed by atoms with Gasteiger partial charge in [0.05, 0.1) is 6.54 Å². The first kappa shape index (κ1) is 14.4. The van der Waals surface area contributed by atoms with Crippen molar-refractivity contribution in [2.24, 2.45) is 0 Å². The Hall–Kier alpha value is -1.68. The van der Waals surface area contributed by atoms with Gasteiger partial charge in [0.15, 0.2) is 0 Å². The summed E-state index contributed by atoms with van der Waals surface area (Å²) in [6.45, 7) is 5.20. The summed E-state index contributed by atoms with van der Waals surface area (Å²) in [5, 5.41) is 12.8. The van der Waals surface area contributed by atoms with Crippen LogP contribution in [0.25, 0.3) is 0 Å². The summed E-state index contributed by atoms with van der Waals surface area (Å²) in [6, 6.07) is 5.57. The molecule has 0 radical (unpaired) electrons. The van der Waals surface area contributed by atoms with E-state index in [-0.39, 0.29) is 18.3 Å². The van der Waals surface area contributed by atoms with E-state index in [1.165, 1.54) is 24.3 Å². The number of carbonyl (C=O) groups excluding carboxylic acids is 1. The molecule has 0 aliphatic rings. The molecule has 0 aliphatic heterocycles. The number of halogens is 1. The molecule has 0 fully saturated rings. The predicted octanol–water partition coefficient (Wildman–Crippen LogP) is 2.12. The number of rotatable bonds is 6. The summed E-state index contributed by atoms with van der Waals surface area (Å²) in [4.78, 5) is 11.4. The number of carbonyl (C=O) groups is 1. The maximum Gasteiger partial charge on any atom is 0.220 e. The van der Waals surface area contributed by atoms with Gasteiger partial charge in [0.1, 0.15) is 11.4 Å². The van der Waals surface area contributed by atoms with Gasteiger partial charge in [0.2, 0.25) is 5.91 Å². The van der Waals surface area contributed by atoms with Crippen LogP contribution in [0.3, 0.4) is 0 Å². The molecule has 1 rings (SSSR count). The molecule has 3 nitrogen and oxygen atoms in total. The number of benzene rings is 1. The van der Waals surface area contributed by atoms with Crippen LogP contribution in [0, 0.1) is 5.82 Å². The minimum Gasteiger partial charge on any atom is -0.384 e. The standard InChI is InChI=1S/C14H18FNO2/c1-3-4-5-13(17)16-10-14(2,18)11-6-8-12(15)9-7-11/h3,6-9,18H,1,4-5,10H2,2H3,(H,16,17). The third-order valence-corrected chi connectivity index (χ3v) is 2.67. The zero-order valence-corrected chi connectivity index (χ0v) is 10.4. The van der Waals surface area contributed by atoms with Crippen molar-refractivity contribution in [1.82, 2.24) is 5.32 Å². The highest BCUT2D eigenvalue weighted by atomic mass is 19.1. The molecule has 2 N–H and O–H groups in total. The Balaban J connectivity index is 2.56. The molecule has 1 unspecified atom stereocenters. The second kappa shape index (κ2) is 6.31.